The number of anilines is 3. The highest BCUT2D eigenvalue weighted by atomic mass is 15.2. The van der Waals surface area contributed by atoms with Gasteiger partial charge in [0, 0.05) is 24.0 Å². The fraction of sp³-hybridized carbons (Fsp3) is 0.400. The summed E-state index contributed by atoms with van der Waals surface area (Å²) in [6, 6.07) is 13.2. The van der Waals surface area contributed by atoms with E-state index in [2.05, 4.69) is 39.6 Å². The van der Waals surface area contributed by atoms with E-state index in [1.165, 1.54) is 25.7 Å². The van der Waals surface area contributed by atoms with Crippen molar-refractivity contribution in [2.45, 2.75) is 37.8 Å². The summed E-state index contributed by atoms with van der Waals surface area (Å²) < 4.78 is 0. The van der Waals surface area contributed by atoms with Gasteiger partial charge in [-0.1, -0.05) is 18.2 Å². The molecule has 0 bridgehead atoms. The lowest BCUT2D eigenvalue weighted by Gasteiger charge is -2.33. The highest BCUT2D eigenvalue weighted by molar-refractivity contribution is 5.88. The molecule has 6 nitrogen and oxygen atoms in total. The zero-order valence-corrected chi connectivity index (χ0v) is 15.4. The molecule has 136 valence electrons. The molecule has 0 atom stereocenters. The zero-order valence-electron chi connectivity index (χ0n) is 15.4. The van der Waals surface area contributed by atoms with Crippen LogP contribution in [0.1, 0.15) is 25.7 Å². The number of H-pyrrole nitrogens is 1. The minimum absolute atomic E-state index is 0.462. The summed E-state index contributed by atoms with van der Waals surface area (Å²) in [6.07, 6.45) is 6.70. The van der Waals surface area contributed by atoms with Gasteiger partial charge in [0.2, 0.25) is 5.95 Å². The van der Waals surface area contributed by atoms with Crippen molar-refractivity contribution in [1.29, 1.82) is 0 Å². The Morgan fingerprint density at radius 1 is 1.00 bits per heavy atom. The third-order valence-corrected chi connectivity index (χ3v) is 5.21. The van der Waals surface area contributed by atoms with Crippen LogP contribution in [0.25, 0.3) is 11.0 Å². The minimum atomic E-state index is 0.462. The van der Waals surface area contributed by atoms with Crippen molar-refractivity contribution < 1.29 is 0 Å². The first-order valence-corrected chi connectivity index (χ1v) is 9.29. The molecule has 1 aliphatic carbocycles. The number of nitrogens with one attached hydrogen (secondary N) is 3. The minimum Gasteiger partial charge on any atom is -0.367 e. The van der Waals surface area contributed by atoms with E-state index < -0.39 is 0 Å². The van der Waals surface area contributed by atoms with Gasteiger partial charge >= 0.3 is 0 Å². The standard InChI is InChI=1S/C20H26N6/c1-26(2)16-10-8-15(9-11-16)22-19-17-12-13-21-18(17)24-20(25-19)23-14-6-4-3-5-7-14/h3-7,12-13,15-16H,8-11H2,1-2H3,(H3,21,22,23,24,25)/t15-,16-. The fourth-order valence-corrected chi connectivity index (χ4v) is 3.69. The summed E-state index contributed by atoms with van der Waals surface area (Å²) in [5.74, 6) is 1.51. The second-order valence-corrected chi connectivity index (χ2v) is 7.24. The van der Waals surface area contributed by atoms with Gasteiger partial charge in [0.15, 0.2) is 0 Å². The molecular weight excluding hydrogens is 324 g/mol. The van der Waals surface area contributed by atoms with Gasteiger partial charge in [-0.2, -0.15) is 9.97 Å². The lowest BCUT2D eigenvalue weighted by Crippen LogP contribution is -2.36. The van der Waals surface area contributed by atoms with Gasteiger partial charge in [0.1, 0.15) is 11.5 Å². The number of aromatic amines is 1. The summed E-state index contributed by atoms with van der Waals surface area (Å²) in [5, 5.41) is 8.00. The Morgan fingerprint density at radius 2 is 1.77 bits per heavy atom. The molecule has 4 rings (SSSR count). The molecule has 1 saturated carbocycles. The van der Waals surface area contributed by atoms with Crippen LogP contribution in [-0.4, -0.2) is 46.0 Å². The number of hydrogen-bond acceptors (Lipinski definition) is 5. The third-order valence-electron chi connectivity index (χ3n) is 5.21. The van der Waals surface area contributed by atoms with Gasteiger partial charge < -0.3 is 20.5 Å². The van der Waals surface area contributed by atoms with E-state index in [0.29, 0.717) is 18.0 Å². The van der Waals surface area contributed by atoms with E-state index >= 15 is 0 Å². The molecule has 0 unspecified atom stereocenters. The Labute approximate surface area is 154 Å². The first-order valence-electron chi connectivity index (χ1n) is 9.29. The van der Waals surface area contributed by atoms with E-state index in [1.54, 1.807) is 0 Å². The maximum absolute atomic E-state index is 4.75. The molecule has 1 aliphatic rings. The van der Waals surface area contributed by atoms with Crippen LogP contribution in [0.4, 0.5) is 17.5 Å². The number of fused-ring (bicyclic) bond motifs is 1. The first kappa shape index (κ1) is 16.8. The van der Waals surface area contributed by atoms with E-state index in [9.17, 15) is 0 Å². The normalized spacial score (nSPS) is 20.4. The van der Waals surface area contributed by atoms with Gasteiger partial charge in [0.05, 0.1) is 5.39 Å². The fourth-order valence-electron chi connectivity index (χ4n) is 3.69. The monoisotopic (exact) mass is 350 g/mol. The van der Waals surface area contributed by atoms with Gasteiger partial charge in [-0.25, -0.2) is 0 Å². The Kier molecular flexibility index (Phi) is 4.75. The molecule has 0 saturated heterocycles. The average molecular weight is 350 g/mol. The zero-order chi connectivity index (χ0) is 17.9. The molecular formula is C20H26N6. The summed E-state index contributed by atoms with van der Waals surface area (Å²) in [4.78, 5) is 14.9. The Hall–Kier alpha value is -2.60. The highest BCUT2D eigenvalue weighted by Crippen LogP contribution is 2.28. The smallest absolute Gasteiger partial charge is 0.231 e. The van der Waals surface area contributed by atoms with Crippen LogP contribution in [0, 0.1) is 0 Å². The molecule has 3 N–H and O–H groups in total. The largest absolute Gasteiger partial charge is 0.367 e. The Bertz CT molecular complexity index is 849. The summed E-state index contributed by atoms with van der Waals surface area (Å²) >= 11 is 0. The third kappa shape index (κ3) is 3.65. The van der Waals surface area contributed by atoms with Crippen molar-refractivity contribution in [2.75, 3.05) is 24.7 Å². The molecule has 1 aromatic carbocycles. The number of benzene rings is 1. The lowest BCUT2D eigenvalue weighted by molar-refractivity contribution is 0.221. The van der Waals surface area contributed by atoms with Crippen molar-refractivity contribution in [3.05, 3.63) is 42.6 Å². The van der Waals surface area contributed by atoms with Crippen LogP contribution in [0.15, 0.2) is 42.6 Å². The highest BCUT2D eigenvalue weighted by Gasteiger charge is 2.23. The second-order valence-electron chi connectivity index (χ2n) is 7.24. The number of hydrogen-bond donors (Lipinski definition) is 3. The van der Waals surface area contributed by atoms with Crippen molar-refractivity contribution >= 4 is 28.5 Å². The van der Waals surface area contributed by atoms with Crippen molar-refractivity contribution in [3.8, 4) is 0 Å². The predicted octanol–water partition coefficient (Wildman–Crippen LogP) is 3.99. The second kappa shape index (κ2) is 7.33. The van der Waals surface area contributed by atoms with Gasteiger partial charge in [-0.3, -0.25) is 0 Å². The molecule has 0 radical (unpaired) electrons. The Morgan fingerprint density at radius 3 is 2.50 bits per heavy atom. The van der Waals surface area contributed by atoms with Crippen LogP contribution >= 0.6 is 0 Å². The summed E-state index contributed by atoms with van der Waals surface area (Å²) in [5.41, 5.74) is 1.83. The maximum Gasteiger partial charge on any atom is 0.231 e. The summed E-state index contributed by atoms with van der Waals surface area (Å²) in [6.45, 7) is 0. The van der Waals surface area contributed by atoms with Crippen LogP contribution < -0.4 is 10.6 Å². The molecule has 0 aliphatic heterocycles. The number of rotatable bonds is 5. The van der Waals surface area contributed by atoms with Crippen molar-refractivity contribution in [1.82, 2.24) is 19.9 Å². The van der Waals surface area contributed by atoms with Crippen LogP contribution in [0.3, 0.4) is 0 Å². The first-order chi connectivity index (χ1) is 12.7. The lowest BCUT2D eigenvalue weighted by atomic mass is 9.90. The SMILES string of the molecule is CN(C)[C@H]1CC[C@H](Nc2nc(Nc3ccccc3)nc3[nH]ccc23)CC1. The van der Waals surface area contributed by atoms with Crippen molar-refractivity contribution in [2.24, 2.45) is 0 Å². The van der Waals surface area contributed by atoms with E-state index in [4.69, 9.17) is 4.98 Å². The van der Waals surface area contributed by atoms with Crippen LogP contribution in [-0.2, 0) is 0 Å². The summed E-state index contributed by atoms with van der Waals surface area (Å²) in [7, 11) is 4.35. The molecule has 2 aromatic heterocycles. The van der Waals surface area contributed by atoms with E-state index in [-0.39, 0.29) is 0 Å². The van der Waals surface area contributed by atoms with Gasteiger partial charge in [-0.05, 0) is 58.0 Å². The topological polar surface area (TPSA) is 68.9 Å². The Balaban J connectivity index is 1.53. The average Bonchev–Trinajstić information content (AvgIpc) is 3.12. The van der Waals surface area contributed by atoms with Crippen LogP contribution in [0.5, 0.6) is 0 Å². The van der Waals surface area contributed by atoms with Crippen molar-refractivity contribution in [3.63, 3.8) is 0 Å². The van der Waals surface area contributed by atoms with Gasteiger partial charge in [0.25, 0.3) is 0 Å². The van der Waals surface area contributed by atoms with E-state index in [1.807, 2.05) is 42.6 Å². The van der Waals surface area contributed by atoms with Crippen LogP contribution in [0.2, 0.25) is 0 Å². The quantitative estimate of drug-likeness (QED) is 0.649. The number of para-hydroxylation sites is 1. The number of aromatic nitrogens is 3. The van der Waals surface area contributed by atoms with E-state index in [0.717, 1.165) is 22.5 Å². The maximum atomic E-state index is 4.75. The molecule has 1 fully saturated rings. The molecule has 0 spiro atoms. The predicted molar refractivity (Wildman–Crippen MR) is 107 cm³/mol. The van der Waals surface area contributed by atoms with Gasteiger partial charge in [-0.15, -0.1) is 0 Å². The molecule has 2 heterocycles. The number of nitrogens with zero attached hydrogens (tertiary/aromatic N) is 3. The molecule has 0 amide bonds. The molecule has 26 heavy (non-hydrogen) atoms. The molecule has 3 aromatic rings. The molecule has 6 heteroatoms.